The molecule has 0 aliphatic carbocycles. The molecule has 1 aromatic carbocycles. The lowest BCUT2D eigenvalue weighted by molar-refractivity contribution is 0.209. The van der Waals surface area contributed by atoms with Crippen molar-refractivity contribution in [2.24, 2.45) is 0 Å². The lowest BCUT2D eigenvalue weighted by atomic mass is 10.1. The van der Waals surface area contributed by atoms with Crippen LogP contribution in [-0.4, -0.2) is 20.5 Å². The van der Waals surface area contributed by atoms with Crippen molar-refractivity contribution >= 4 is 0 Å². The first kappa shape index (κ1) is 9.72. The number of nitrogens with one attached hydrogen (secondary N) is 1. The molecule has 0 aliphatic heterocycles. The summed E-state index contributed by atoms with van der Waals surface area (Å²) in [5.41, 5.74) is 0.144. The highest BCUT2D eigenvalue weighted by Gasteiger charge is 2.17. The van der Waals surface area contributed by atoms with Crippen molar-refractivity contribution in [3.8, 4) is 0 Å². The third-order valence-electron chi connectivity index (χ3n) is 1.97. The Morgan fingerprint density at radius 2 is 2.13 bits per heavy atom. The first-order valence-corrected chi connectivity index (χ1v) is 4.17. The first-order valence-electron chi connectivity index (χ1n) is 4.17. The van der Waals surface area contributed by atoms with Gasteiger partial charge in [-0.2, -0.15) is 15.4 Å². The van der Waals surface area contributed by atoms with Gasteiger partial charge in [-0.3, -0.25) is 0 Å². The Bertz CT molecular complexity index is 458. The first-order chi connectivity index (χ1) is 7.18. The zero-order valence-electron chi connectivity index (χ0n) is 7.48. The van der Waals surface area contributed by atoms with E-state index in [4.69, 9.17) is 0 Å². The Labute approximate surface area is 83.6 Å². The molecule has 0 amide bonds. The molecule has 1 heterocycles. The van der Waals surface area contributed by atoms with Crippen molar-refractivity contribution in [3.05, 3.63) is 47.3 Å². The largest absolute Gasteiger partial charge is 0.382 e. The summed E-state index contributed by atoms with van der Waals surface area (Å²) >= 11 is 0. The number of benzene rings is 1. The third kappa shape index (κ3) is 1.84. The normalized spacial score (nSPS) is 12.7. The number of nitrogens with zero attached hydrogens (tertiary/aromatic N) is 2. The van der Waals surface area contributed by atoms with Crippen LogP contribution in [0.25, 0.3) is 0 Å². The second-order valence-electron chi connectivity index (χ2n) is 2.96. The van der Waals surface area contributed by atoms with Crippen molar-refractivity contribution in [1.82, 2.24) is 15.4 Å². The molecule has 2 rings (SSSR count). The number of aromatic nitrogens is 3. The van der Waals surface area contributed by atoms with Gasteiger partial charge in [0.2, 0.25) is 0 Å². The molecule has 4 nitrogen and oxygen atoms in total. The van der Waals surface area contributed by atoms with Crippen LogP contribution in [0.4, 0.5) is 8.78 Å². The fourth-order valence-corrected chi connectivity index (χ4v) is 1.22. The summed E-state index contributed by atoms with van der Waals surface area (Å²) in [6, 6.07) is 2.95. The maximum absolute atomic E-state index is 13.2. The van der Waals surface area contributed by atoms with Gasteiger partial charge in [0, 0.05) is 11.6 Å². The Balaban J connectivity index is 2.38. The fraction of sp³-hybridized carbons (Fsp3) is 0.111. The number of rotatable bonds is 2. The minimum Gasteiger partial charge on any atom is -0.382 e. The van der Waals surface area contributed by atoms with E-state index in [-0.39, 0.29) is 11.3 Å². The summed E-state index contributed by atoms with van der Waals surface area (Å²) in [4.78, 5) is 0. The molecule has 1 unspecified atom stereocenters. The average Bonchev–Trinajstić information content (AvgIpc) is 2.69. The predicted octanol–water partition coefficient (Wildman–Crippen LogP) is 1.16. The number of halogens is 2. The number of hydrogen-bond acceptors (Lipinski definition) is 3. The molecule has 2 N–H and O–H groups in total. The number of hydrogen-bond donors (Lipinski definition) is 2. The van der Waals surface area contributed by atoms with Crippen LogP contribution in [0.3, 0.4) is 0 Å². The van der Waals surface area contributed by atoms with Crippen LogP contribution in [0, 0.1) is 11.6 Å². The monoisotopic (exact) mass is 211 g/mol. The summed E-state index contributed by atoms with van der Waals surface area (Å²) in [7, 11) is 0. The van der Waals surface area contributed by atoms with Crippen LogP contribution in [0.5, 0.6) is 0 Å². The number of H-pyrrole nitrogens is 1. The highest BCUT2D eigenvalue weighted by molar-refractivity contribution is 5.26. The van der Waals surface area contributed by atoms with E-state index in [0.717, 1.165) is 6.07 Å². The van der Waals surface area contributed by atoms with Gasteiger partial charge in [-0.1, -0.05) is 6.07 Å². The van der Waals surface area contributed by atoms with Crippen LogP contribution in [-0.2, 0) is 0 Å². The van der Waals surface area contributed by atoms with Crippen molar-refractivity contribution in [1.29, 1.82) is 0 Å². The van der Waals surface area contributed by atoms with Crippen LogP contribution in [0.15, 0.2) is 24.4 Å². The average molecular weight is 211 g/mol. The van der Waals surface area contributed by atoms with E-state index in [1.807, 2.05) is 0 Å². The molecular formula is C9H7F2N3O. The predicted molar refractivity (Wildman–Crippen MR) is 46.8 cm³/mol. The second kappa shape index (κ2) is 3.74. The van der Waals surface area contributed by atoms with E-state index >= 15 is 0 Å². The standard InChI is InChI=1S/C9H7F2N3O/c10-5-1-2-6(7(11)3-5)9(15)8-4-12-14-13-8/h1-4,9,15H,(H,12,13,14). The molecule has 2 aromatic rings. The van der Waals surface area contributed by atoms with E-state index < -0.39 is 17.7 Å². The zero-order chi connectivity index (χ0) is 10.8. The van der Waals surface area contributed by atoms with Crippen molar-refractivity contribution in [2.45, 2.75) is 6.10 Å². The molecule has 0 saturated heterocycles. The SMILES string of the molecule is OC(c1cn[nH]n1)c1ccc(F)cc1F. The molecule has 0 saturated carbocycles. The van der Waals surface area contributed by atoms with Crippen LogP contribution < -0.4 is 0 Å². The number of aromatic amines is 1. The fourth-order valence-electron chi connectivity index (χ4n) is 1.22. The summed E-state index contributed by atoms with van der Waals surface area (Å²) < 4.78 is 25.8. The topological polar surface area (TPSA) is 61.8 Å². The van der Waals surface area contributed by atoms with Crippen LogP contribution in [0.1, 0.15) is 17.4 Å². The van der Waals surface area contributed by atoms with Crippen molar-refractivity contribution in [2.75, 3.05) is 0 Å². The van der Waals surface area contributed by atoms with E-state index in [0.29, 0.717) is 6.07 Å². The lowest BCUT2D eigenvalue weighted by Gasteiger charge is -2.08. The van der Waals surface area contributed by atoms with Crippen molar-refractivity contribution < 1.29 is 13.9 Å². The Kier molecular flexibility index (Phi) is 2.42. The smallest absolute Gasteiger partial charge is 0.132 e. The molecule has 78 valence electrons. The minimum absolute atomic E-state index is 0.0368. The Hall–Kier alpha value is -1.82. The Morgan fingerprint density at radius 3 is 2.73 bits per heavy atom. The van der Waals surface area contributed by atoms with Gasteiger partial charge < -0.3 is 5.11 Å². The molecule has 15 heavy (non-hydrogen) atoms. The molecule has 0 aliphatic rings. The van der Waals surface area contributed by atoms with Gasteiger partial charge >= 0.3 is 0 Å². The van der Waals surface area contributed by atoms with Gasteiger partial charge in [0.1, 0.15) is 23.4 Å². The van der Waals surface area contributed by atoms with Gasteiger partial charge in [0.05, 0.1) is 6.20 Å². The molecule has 0 spiro atoms. The highest BCUT2D eigenvalue weighted by atomic mass is 19.1. The summed E-state index contributed by atoms with van der Waals surface area (Å²) in [5.74, 6) is -1.51. The van der Waals surface area contributed by atoms with Crippen LogP contribution in [0.2, 0.25) is 0 Å². The zero-order valence-corrected chi connectivity index (χ0v) is 7.48. The molecule has 0 fully saturated rings. The summed E-state index contributed by atoms with van der Waals surface area (Å²) in [5, 5.41) is 19.1. The van der Waals surface area contributed by atoms with Gasteiger partial charge in [0.25, 0.3) is 0 Å². The van der Waals surface area contributed by atoms with Crippen molar-refractivity contribution in [3.63, 3.8) is 0 Å². The molecular weight excluding hydrogens is 204 g/mol. The maximum atomic E-state index is 13.2. The molecule has 0 radical (unpaired) electrons. The number of aliphatic hydroxyl groups excluding tert-OH is 1. The molecule has 1 atom stereocenters. The second-order valence-corrected chi connectivity index (χ2v) is 2.96. The van der Waals surface area contributed by atoms with Gasteiger partial charge in [-0.15, -0.1) is 0 Å². The Morgan fingerprint density at radius 1 is 1.33 bits per heavy atom. The molecule has 1 aromatic heterocycles. The third-order valence-corrected chi connectivity index (χ3v) is 1.97. The number of aliphatic hydroxyl groups is 1. The summed E-state index contributed by atoms with van der Waals surface area (Å²) in [6.07, 6.45) is 0.0253. The maximum Gasteiger partial charge on any atom is 0.132 e. The summed E-state index contributed by atoms with van der Waals surface area (Å²) in [6.45, 7) is 0. The highest BCUT2D eigenvalue weighted by Crippen LogP contribution is 2.22. The van der Waals surface area contributed by atoms with Gasteiger partial charge in [-0.05, 0) is 6.07 Å². The molecule has 6 heteroatoms. The van der Waals surface area contributed by atoms with Gasteiger partial charge in [-0.25, -0.2) is 8.78 Å². The van der Waals surface area contributed by atoms with Crippen LogP contribution >= 0.6 is 0 Å². The van der Waals surface area contributed by atoms with Gasteiger partial charge in [0.15, 0.2) is 0 Å². The van der Waals surface area contributed by atoms with E-state index in [2.05, 4.69) is 15.4 Å². The van der Waals surface area contributed by atoms with E-state index in [9.17, 15) is 13.9 Å². The lowest BCUT2D eigenvalue weighted by Crippen LogP contribution is -2.03. The van der Waals surface area contributed by atoms with E-state index in [1.54, 1.807) is 0 Å². The molecule has 0 bridgehead atoms. The van der Waals surface area contributed by atoms with E-state index in [1.165, 1.54) is 12.3 Å². The minimum atomic E-state index is -1.25. The quantitative estimate of drug-likeness (QED) is 0.783.